The zero-order chi connectivity index (χ0) is 16.4. The Kier molecular flexibility index (Phi) is 4.56. The van der Waals surface area contributed by atoms with E-state index in [0.29, 0.717) is 11.0 Å². The van der Waals surface area contributed by atoms with Crippen LogP contribution in [0.3, 0.4) is 0 Å². The highest BCUT2D eigenvalue weighted by atomic mass is 19.3. The average Bonchev–Trinajstić information content (AvgIpc) is 2.91. The van der Waals surface area contributed by atoms with Crippen molar-refractivity contribution in [2.24, 2.45) is 11.7 Å². The van der Waals surface area contributed by atoms with Gasteiger partial charge in [-0.05, 0) is 25.0 Å². The van der Waals surface area contributed by atoms with Crippen molar-refractivity contribution in [1.29, 1.82) is 0 Å². The van der Waals surface area contributed by atoms with Crippen LogP contribution in [0.25, 0.3) is 11.0 Å². The lowest BCUT2D eigenvalue weighted by Gasteiger charge is -2.30. The molecule has 23 heavy (non-hydrogen) atoms. The van der Waals surface area contributed by atoms with Gasteiger partial charge in [-0.15, -0.1) is 0 Å². The SMILES string of the molecule is NC(=O)C1CCCCC1NCc1nc2ccccc2n1C(F)F. The standard InChI is InChI=1S/C16H20F2N4O/c17-16(18)22-13-8-4-3-7-12(13)21-14(22)9-20-11-6-2-1-5-10(11)15(19)23/h3-4,7-8,10-11,16,20H,1-2,5-6,9H2,(H2,19,23). The molecule has 3 rings (SSSR count). The van der Waals surface area contributed by atoms with Crippen LogP contribution in [0.15, 0.2) is 24.3 Å². The molecule has 1 aliphatic rings. The number of hydrogen-bond donors (Lipinski definition) is 2. The first-order valence-corrected chi connectivity index (χ1v) is 7.84. The maximum atomic E-state index is 13.4. The van der Waals surface area contributed by atoms with Gasteiger partial charge in [0.05, 0.1) is 23.5 Å². The van der Waals surface area contributed by atoms with E-state index in [1.165, 1.54) is 0 Å². The molecule has 7 heteroatoms. The molecular formula is C16H20F2N4O. The van der Waals surface area contributed by atoms with Crippen molar-refractivity contribution in [3.63, 3.8) is 0 Å². The minimum atomic E-state index is -2.66. The van der Waals surface area contributed by atoms with Crippen molar-refractivity contribution in [3.8, 4) is 0 Å². The Hall–Kier alpha value is -2.02. The number of aromatic nitrogens is 2. The smallest absolute Gasteiger partial charge is 0.320 e. The first-order valence-electron chi connectivity index (χ1n) is 7.84. The number of primary amides is 1. The van der Waals surface area contributed by atoms with Crippen molar-refractivity contribution in [3.05, 3.63) is 30.1 Å². The fourth-order valence-electron chi connectivity index (χ4n) is 3.37. The van der Waals surface area contributed by atoms with Crippen LogP contribution in [0.4, 0.5) is 8.78 Å². The van der Waals surface area contributed by atoms with Gasteiger partial charge in [0.2, 0.25) is 5.91 Å². The van der Waals surface area contributed by atoms with Gasteiger partial charge < -0.3 is 11.1 Å². The second-order valence-electron chi connectivity index (χ2n) is 5.95. The number of nitrogens with one attached hydrogen (secondary N) is 1. The molecule has 1 saturated carbocycles. The lowest BCUT2D eigenvalue weighted by Crippen LogP contribution is -2.44. The van der Waals surface area contributed by atoms with E-state index >= 15 is 0 Å². The summed E-state index contributed by atoms with van der Waals surface area (Å²) in [6.45, 7) is -2.47. The Morgan fingerprint density at radius 2 is 2.09 bits per heavy atom. The minimum absolute atomic E-state index is 0.0767. The molecule has 1 aromatic carbocycles. The number of para-hydroxylation sites is 2. The van der Waals surface area contributed by atoms with Gasteiger partial charge in [0.25, 0.3) is 0 Å². The molecule has 0 spiro atoms. The van der Waals surface area contributed by atoms with Crippen LogP contribution >= 0.6 is 0 Å². The molecule has 1 amide bonds. The van der Waals surface area contributed by atoms with Crippen molar-refractivity contribution < 1.29 is 13.6 Å². The van der Waals surface area contributed by atoms with Gasteiger partial charge in [-0.25, -0.2) is 4.98 Å². The molecule has 3 N–H and O–H groups in total. The molecule has 0 saturated heterocycles. The Bertz CT molecular complexity index is 700. The van der Waals surface area contributed by atoms with Gasteiger partial charge in [0, 0.05) is 6.04 Å². The van der Waals surface area contributed by atoms with E-state index in [1.54, 1.807) is 24.3 Å². The third-order valence-corrected chi connectivity index (χ3v) is 4.52. The quantitative estimate of drug-likeness (QED) is 0.888. The Labute approximate surface area is 132 Å². The molecule has 1 fully saturated rings. The molecule has 124 valence electrons. The van der Waals surface area contributed by atoms with Gasteiger partial charge in [-0.1, -0.05) is 25.0 Å². The van der Waals surface area contributed by atoms with Gasteiger partial charge in [-0.3, -0.25) is 9.36 Å². The number of alkyl halides is 2. The molecule has 0 aliphatic heterocycles. The van der Waals surface area contributed by atoms with E-state index in [4.69, 9.17) is 5.73 Å². The second kappa shape index (κ2) is 6.62. The highest BCUT2D eigenvalue weighted by molar-refractivity contribution is 5.77. The fourth-order valence-corrected chi connectivity index (χ4v) is 3.37. The van der Waals surface area contributed by atoms with E-state index in [1.807, 2.05) is 0 Å². The molecule has 1 aliphatic carbocycles. The fraction of sp³-hybridized carbons (Fsp3) is 0.500. The van der Waals surface area contributed by atoms with Gasteiger partial charge in [-0.2, -0.15) is 8.78 Å². The first-order chi connectivity index (χ1) is 11.1. The number of nitrogens with zero attached hydrogens (tertiary/aromatic N) is 2. The summed E-state index contributed by atoms with van der Waals surface area (Å²) in [5.74, 6) is -0.298. The van der Waals surface area contributed by atoms with Crippen LogP contribution in [-0.2, 0) is 11.3 Å². The zero-order valence-electron chi connectivity index (χ0n) is 12.7. The second-order valence-corrected chi connectivity index (χ2v) is 5.95. The van der Waals surface area contributed by atoms with Crippen LogP contribution in [0.2, 0.25) is 0 Å². The van der Waals surface area contributed by atoms with Crippen molar-refractivity contribution in [2.75, 3.05) is 0 Å². The summed E-state index contributed by atoms with van der Waals surface area (Å²) in [5, 5.41) is 3.21. The summed E-state index contributed by atoms with van der Waals surface area (Å²) in [6.07, 6.45) is 3.55. The zero-order valence-corrected chi connectivity index (χ0v) is 12.7. The number of fused-ring (bicyclic) bond motifs is 1. The molecule has 2 unspecified atom stereocenters. The van der Waals surface area contributed by atoms with Crippen molar-refractivity contribution >= 4 is 16.9 Å². The molecule has 0 bridgehead atoms. The minimum Gasteiger partial charge on any atom is -0.369 e. The van der Waals surface area contributed by atoms with E-state index in [-0.39, 0.29) is 30.2 Å². The molecular weight excluding hydrogens is 302 g/mol. The third kappa shape index (κ3) is 3.19. The number of carbonyl (C=O) groups is 1. The highest BCUT2D eigenvalue weighted by Gasteiger charge is 2.29. The van der Waals surface area contributed by atoms with Gasteiger partial charge >= 0.3 is 6.55 Å². The Balaban J connectivity index is 1.81. The van der Waals surface area contributed by atoms with E-state index in [9.17, 15) is 13.6 Å². The summed E-state index contributed by atoms with van der Waals surface area (Å²) in [5.41, 5.74) is 6.40. The largest absolute Gasteiger partial charge is 0.369 e. The normalized spacial score (nSPS) is 21.9. The van der Waals surface area contributed by atoms with E-state index in [0.717, 1.165) is 30.3 Å². The average molecular weight is 322 g/mol. The number of benzene rings is 1. The van der Waals surface area contributed by atoms with E-state index in [2.05, 4.69) is 10.3 Å². The summed E-state index contributed by atoms with van der Waals surface area (Å²) >= 11 is 0. The number of amides is 1. The summed E-state index contributed by atoms with van der Waals surface area (Å²) in [6, 6.07) is 6.75. The number of rotatable bonds is 5. The summed E-state index contributed by atoms with van der Waals surface area (Å²) < 4.78 is 27.7. The highest BCUT2D eigenvalue weighted by Crippen LogP contribution is 2.26. The lowest BCUT2D eigenvalue weighted by atomic mass is 9.84. The van der Waals surface area contributed by atoms with Crippen LogP contribution in [0, 0.1) is 5.92 Å². The molecule has 0 radical (unpaired) electrons. The Morgan fingerprint density at radius 1 is 1.35 bits per heavy atom. The Morgan fingerprint density at radius 3 is 2.83 bits per heavy atom. The predicted octanol–water partition coefficient (Wildman–Crippen LogP) is 2.57. The van der Waals surface area contributed by atoms with Crippen LogP contribution in [0.1, 0.15) is 38.1 Å². The van der Waals surface area contributed by atoms with Crippen LogP contribution < -0.4 is 11.1 Å². The number of carbonyl (C=O) groups excluding carboxylic acids is 1. The number of nitrogens with two attached hydrogens (primary N) is 1. The molecule has 2 atom stereocenters. The topological polar surface area (TPSA) is 72.9 Å². The first kappa shape index (κ1) is 15.9. The number of imidazole rings is 1. The third-order valence-electron chi connectivity index (χ3n) is 4.52. The molecule has 5 nitrogen and oxygen atoms in total. The molecule has 1 aromatic heterocycles. The van der Waals surface area contributed by atoms with Gasteiger partial charge in [0.1, 0.15) is 5.82 Å². The number of hydrogen-bond acceptors (Lipinski definition) is 3. The predicted molar refractivity (Wildman–Crippen MR) is 82.8 cm³/mol. The van der Waals surface area contributed by atoms with Crippen LogP contribution in [-0.4, -0.2) is 21.5 Å². The van der Waals surface area contributed by atoms with Crippen molar-refractivity contribution in [2.45, 2.75) is 44.8 Å². The summed E-state index contributed by atoms with van der Waals surface area (Å²) in [7, 11) is 0. The van der Waals surface area contributed by atoms with Crippen molar-refractivity contribution in [1.82, 2.24) is 14.9 Å². The maximum absolute atomic E-state index is 13.4. The summed E-state index contributed by atoms with van der Waals surface area (Å²) in [4.78, 5) is 15.8. The number of halogens is 2. The molecule has 2 aromatic rings. The maximum Gasteiger partial charge on any atom is 0.320 e. The van der Waals surface area contributed by atoms with Gasteiger partial charge in [0.15, 0.2) is 0 Å². The lowest BCUT2D eigenvalue weighted by molar-refractivity contribution is -0.123. The monoisotopic (exact) mass is 322 g/mol. The van der Waals surface area contributed by atoms with Crippen LogP contribution in [0.5, 0.6) is 0 Å². The van der Waals surface area contributed by atoms with E-state index < -0.39 is 6.55 Å². The molecule has 1 heterocycles.